The van der Waals surface area contributed by atoms with E-state index in [2.05, 4.69) is 4.90 Å². The van der Waals surface area contributed by atoms with Crippen molar-refractivity contribution < 1.29 is 23.4 Å². The molecule has 2 aromatic carbocycles. The molecule has 0 radical (unpaired) electrons. The number of nitrogens with zero attached hydrogens (tertiary/aromatic N) is 2. The number of fused-ring (bicyclic) bond motifs is 1. The Morgan fingerprint density at radius 3 is 2.37 bits per heavy atom. The lowest BCUT2D eigenvalue weighted by atomic mass is 10.1. The van der Waals surface area contributed by atoms with Crippen LogP contribution in [0.15, 0.2) is 41.2 Å². The smallest absolute Gasteiger partial charge is 0.344 e. The summed E-state index contributed by atoms with van der Waals surface area (Å²) in [5.74, 6) is -3.93. The van der Waals surface area contributed by atoms with Crippen molar-refractivity contribution in [2.45, 2.75) is 19.4 Å². The number of aromatic nitrogens is 1. The van der Waals surface area contributed by atoms with Crippen LogP contribution in [0.1, 0.15) is 28.8 Å². The number of benzene rings is 2. The highest BCUT2D eigenvalue weighted by Crippen LogP contribution is 2.30. The minimum absolute atomic E-state index is 0.0560. The second-order valence-corrected chi connectivity index (χ2v) is 7.26. The van der Waals surface area contributed by atoms with Gasteiger partial charge in [-0.15, -0.1) is 0 Å². The summed E-state index contributed by atoms with van der Waals surface area (Å²) < 4.78 is 35.9. The van der Waals surface area contributed by atoms with Crippen LogP contribution in [-0.4, -0.2) is 40.7 Å². The summed E-state index contributed by atoms with van der Waals surface area (Å²) in [4.78, 5) is 26.5. The van der Waals surface area contributed by atoms with Crippen LogP contribution in [0.2, 0.25) is 0 Å². The fourth-order valence-corrected chi connectivity index (χ4v) is 3.96. The molecule has 1 N–H and O–H groups in total. The maximum Gasteiger partial charge on any atom is 0.344 e. The quantitative estimate of drug-likeness (QED) is 0.647. The van der Waals surface area contributed by atoms with Crippen LogP contribution in [0, 0.1) is 11.8 Å². The number of pyridine rings is 1. The standard InChI is InChI=1S/C22H20F2N2O4/c1-30-16-9-8-15(23)17-19(16)26(21(24)18(20(17)27)22(28)29)14-6-4-13(5-7-14)12-25-10-2-3-11-25/h4-9H,2-3,10-12H2,1H3,(H,28,29). The van der Waals surface area contributed by atoms with E-state index in [0.29, 0.717) is 0 Å². The number of hydrogen-bond donors (Lipinski definition) is 1. The van der Waals surface area contributed by atoms with Crippen LogP contribution in [0.5, 0.6) is 5.75 Å². The van der Waals surface area contributed by atoms with E-state index < -0.39 is 34.1 Å². The third kappa shape index (κ3) is 3.33. The van der Waals surface area contributed by atoms with E-state index in [9.17, 15) is 19.1 Å². The molecule has 1 aliphatic heterocycles. The summed E-state index contributed by atoms with van der Waals surface area (Å²) in [6, 6.07) is 9.13. The molecule has 0 aliphatic carbocycles. The predicted molar refractivity (Wildman–Crippen MR) is 107 cm³/mol. The van der Waals surface area contributed by atoms with Gasteiger partial charge in [0.2, 0.25) is 11.4 Å². The maximum atomic E-state index is 15.3. The number of halogens is 2. The monoisotopic (exact) mass is 414 g/mol. The molecule has 3 aromatic rings. The molecule has 1 aliphatic rings. The maximum absolute atomic E-state index is 15.3. The second kappa shape index (κ2) is 7.87. The molecule has 30 heavy (non-hydrogen) atoms. The molecule has 0 amide bonds. The van der Waals surface area contributed by atoms with Gasteiger partial charge < -0.3 is 9.84 Å². The molecular formula is C22H20F2N2O4. The first kappa shape index (κ1) is 20.0. The minimum atomic E-state index is -1.76. The van der Waals surface area contributed by atoms with Crippen LogP contribution in [0.25, 0.3) is 16.6 Å². The van der Waals surface area contributed by atoms with Gasteiger partial charge in [-0.25, -0.2) is 9.18 Å². The predicted octanol–water partition coefficient (Wildman–Crippen LogP) is 3.57. The van der Waals surface area contributed by atoms with Crippen molar-refractivity contribution in [2.24, 2.45) is 0 Å². The normalized spacial score (nSPS) is 14.4. The molecule has 0 spiro atoms. The topological polar surface area (TPSA) is 71.8 Å². The van der Waals surface area contributed by atoms with E-state index in [1.807, 2.05) is 12.1 Å². The van der Waals surface area contributed by atoms with Gasteiger partial charge in [0.05, 0.1) is 12.5 Å². The van der Waals surface area contributed by atoms with Gasteiger partial charge in [0.25, 0.3) is 0 Å². The summed E-state index contributed by atoms with van der Waals surface area (Å²) in [6.07, 6.45) is 2.33. The Morgan fingerprint density at radius 1 is 1.10 bits per heavy atom. The van der Waals surface area contributed by atoms with Crippen molar-refractivity contribution in [1.29, 1.82) is 0 Å². The Bertz CT molecular complexity index is 1180. The van der Waals surface area contributed by atoms with E-state index in [0.717, 1.165) is 48.7 Å². The van der Waals surface area contributed by atoms with Crippen LogP contribution in [0.3, 0.4) is 0 Å². The largest absolute Gasteiger partial charge is 0.495 e. The molecule has 0 unspecified atom stereocenters. The number of carbonyl (C=O) groups is 1. The fraction of sp³-hybridized carbons (Fsp3) is 0.273. The highest BCUT2D eigenvalue weighted by molar-refractivity contribution is 5.95. The van der Waals surface area contributed by atoms with Crippen molar-refractivity contribution in [3.05, 3.63) is 69.5 Å². The van der Waals surface area contributed by atoms with Crippen molar-refractivity contribution in [2.75, 3.05) is 20.2 Å². The zero-order chi connectivity index (χ0) is 21.4. The first-order valence-corrected chi connectivity index (χ1v) is 9.58. The molecule has 4 rings (SSSR count). The number of carboxylic acid groups (broad SMARTS) is 1. The Morgan fingerprint density at radius 2 is 1.77 bits per heavy atom. The van der Waals surface area contributed by atoms with Crippen molar-refractivity contribution in [3.8, 4) is 11.4 Å². The van der Waals surface area contributed by atoms with E-state index >= 15 is 4.39 Å². The van der Waals surface area contributed by atoms with Gasteiger partial charge in [0.15, 0.2) is 5.56 Å². The first-order valence-electron chi connectivity index (χ1n) is 9.58. The number of carboxylic acids is 1. The molecule has 0 saturated carbocycles. The highest BCUT2D eigenvalue weighted by Gasteiger charge is 2.27. The Kier molecular flexibility index (Phi) is 5.26. The molecular weight excluding hydrogens is 394 g/mol. The molecule has 8 heteroatoms. The van der Waals surface area contributed by atoms with Crippen molar-refractivity contribution >= 4 is 16.9 Å². The van der Waals surface area contributed by atoms with E-state index in [1.165, 1.54) is 13.2 Å². The molecule has 0 bridgehead atoms. The summed E-state index contributed by atoms with van der Waals surface area (Å²) in [6.45, 7) is 2.81. The van der Waals surface area contributed by atoms with Gasteiger partial charge in [0.1, 0.15) is 17.1 Å². The number of hydrogen-bond acceptors (Lipinski definition) is 4. The summed E-state index contributed by atoms with van der Waals surface area (Å²) in [5, 5.41) is 8.85. The lowest BCUT2D eigenvalue weighted by Gasteiger charge is -2.18. The zero-order valence-corrected chi connectivity index (χ0v) is 16.3. The van der Waals surface area contributed by atoms with E-state index in [-0.39, 0.29) is 17.0 Å². The number of rotatable bonds is 5. The van der Waals surface area contributed by atoms with Crippen LogP contribution in [0.4, 0.5) is 8.78 Å². The Labute approximate surface area is 170 Å². The summed E-state index contributed by atoms with van der Waals surface area (Å²) in [5.41, 5.74) is -1.22. The fourth-order valence-electron chi connectivity index (χ4n) is 3.96. The lowest BCUT2D eigenvalue weighted by Crippen LogP contribution is -2.24. The average molecular weight is 414 g/mol. The molecule has 1 fully saturated rings. The summed E-state index contributed by atoms with van der Waals surface area (Å²) >= 11 is 0. The molecule has 6 nitrogen and oxygen atoms in total. The average Bonchev–Trinajstić information content (AvgIpc) is 3.22. The van der Waals surface area contributed by atoms with Crippen molar-refractivity contribution in [3.63, 3.8) is 0 Å². The lowest BCUT2D eigenvalue weighted by molar-refractivity contribution is 0.0689. The van der Waals surface area contributed by atoms with Crippen LogP contribution < -0.4 is 10.2 Å². The number of methoxy groups -OCH3 is 1. The SMILES string of the molecule is COc1ccc(F)c2c(=O)c(C(=O)O)c(F)n(-c3ccc(CN4CCCC4)cc3)c12. The van der Waals surface area contributed by atoms with Crippen molar-refractivity contribution in [1.82, 2.24) is 9.47 Å². The molecule has 156 valence electrons. The minimum Gasteiger partial charge on any atom is -0.495 e. The van der Waals surface area contributed by atoms with Gasteiger partial charge in [-0.3, -0.25) is 14.3 Å². The van der Waals surface area contributed by atoms with E-state index in [4.69, 9.17) is 4.74 Å². The van der Waals surface area contributed by atoms with Gasteiger partial charge in [0, 0.05) is 12.2 Å². The van der Waals surface area contributed by atoms with Gasteiger partial charge >= 0.3 is 5.97 Å². The molecule has 1 aromatic heterocycles. The number of ether oxygens (including phenoxy) is 1. The number of likely N-dealkylation sites (tertiary alicyclic amines) is 1. The highest BCUT2D eigenvalue weighted by atomic mass is 19.1. The molecule has 2 heterocycles. The summed E-state index contributed by atoms with van der Waals surface area (Å²) in [7, 11) is 1.31. The van der Waals surface area contributed by atoms with Crippen LogP contribution in [-0.2, 0) is 6.54 Å². The molecule has 0 atom stereocenters. The zero-order valence-electron chi connectivity index (χ0n) is 16.3. The van der Waals surface area contributed by atoms with Crippen LogP contribution >= 0.6 is 0 Å². The third-order valence-electron chi connectivity index (χ3n) is 5.40. The Balaban J connectivity index is 1.94. The Hall–Kier alpha value is -3.26. The second-order valence-electron chi connectivity index (χ2n) is 7.26. The molecule has 1 saturated heterocycles. The van der Waals surface area contributed by atoms with Gasteiger partial charge in [-0.1, -0.05) is 12.1 Å². The van der Waals surface area contributed by atoms with Gasteiger partial charge in [-0.2, -0.15) is 4.39 Å². The number of aromatic carboxylic acids is 1. The third-order valence-corrected chi connectivity index (χ3v) is 5.40. The first-order chi connectivity index (χ1) is 14.4. The van der Waals surface area contributed by atoms with Gasteiger partial charge in [-0.05, 0) is 55.8 Å². The van der Waals surface area contributed by atoms with E-state index in [1.54, 1.807) is 12.1 Å².